The smallest absolute Gasteiger partial charge is 0.329 e. The number of carbonyl (C=O) groups excluding carboxylic acids is 1. The number of nitrogens with one attached hydrogen (secondary N) is 1. The Labute approximate surface area is 148 Å². The Morgan fingerprint density at radius 1 is 1.28 bits per heavy atom. The maximum atomic E-state index is 12.8. The van der Waals surface area contributed by atoms with Gasteiger partial charge >= 0.3 is 5.97 Å². The van der Waals surface area contributed by atoms with Crippen LogP contribution in [-0.4, -0.2) is 37.2 Å². The fourth-order valence-electron chi connectivity index (χ4n) is 3.24. The molecular formula is C18H25NO5S. The molecule has 6 nitrogen and oxygen atoms in total. The van der Waals surface area contributed by atoms with E-state index in [-0.39, 0.29) is 10.5 Å². The van der Waals surface area contributed by atoms with Crippen LogP contribution in [0.3, 0.4) is 0 Å². The highest BCUT2D eigenvalue weighted by molar-refractivity contribution is 7.90. The zero-order valence-corrected chi connectivity index (χ0v) is 15.6. The lowest BCUT2D eigenvalue weighted by Gasteiger charge is -2.36. The standard InChI is InChI=1S/C18H25NO5S/c1-4-13-5-6-14(25(3,23)24)11-15(13)16(20)19-18(17(21)22)9-7-12(2)8-10-18/h5-6,11-12H,4,7-10H2,1-3H3,(H,19,20)(H,21,22). The van der Waals surface area contributed by atoms with E-state index in [1.54, 1.807) is 6.07 Å². The van der Waals surface area contributed by atoms with Crippen LogP contribution in [0.5, 0.6) is 0 Å². The van der Waals surface area contributed by atoms with Crippen molar-refractivity contribution in [1.29, 1.82) is 0 Å². The van der Waals surface area contributed by atoms with Crippen molar-refractivity contribution >= 4 is 21.7 Å². The summed E-state index contributed by atoms with van der Waals surface area (Å²) in [5, 5.41) is 12.4. The van der Waals surface area contributed by atoms with Crippen LogP contribution in [0, 0.1) is 5.92 Å². The van der Waals surface area contributed by atoms with Gasteiger partial charge < -0.3 is 10.4 Å². The summed E-state index contributed by atoms with van der Waals surface area (Å²) in [6.07, 6.45) is 3.85. The van der Waals surface area contributed by atoms with E-state index >= 15 is 0 Å². The Kier molecular flexibility index (Phi) is 5.56. The van der Waals surface area contributed by atoms with Gasteiger partial charge in [-0.25, -0.2) is 13.2 Å². The third-order valence-electron chi connectivity index (χ3n) is 5.03. The largest absolute Gasteiger partial charge is 0.480 e. The number of hydrogen-bond acceptors (Lipinski definition) is 4. The molecular weight excluding hydrogens is 342 g/mol. The molecule has 7 heteroatoms. The average molecular weight is 367 g/mol. The first-order valence-electron chi connectivity index (χ1n) is 8.48. The van der Waals surface area contributed by atoms with E-state index in [1.807, 2.05) is 6.92 Å². The summed E-state index contributed by atoms with van der Waals surface area (Å²) in [7, 11) is -3.45. The summed E-state index contributed by atoms with van der Waals surface area (Å²) in [6.45, 7) is 3.93. The van der Waals surface area contributed by atoms with Crippen LogP contribution in [0.15, 0.2) is 23.1 Å². The molecule has 1 aromatic carbocycles. The summed E-state index contributed by atoms with van der Waals surface area (Å²) in [5.74, 6) is -1.13. The van der Waals surface area contributed by atoms with Crippen molar-refractivity contribution in [2.75, 3.05) is 6.26 Å². The van der Waals surface area contributed by atoms with Gasteiger partial charge in [0.15, 0.2) is 9.84 Å². The number of hydrogen-bond donors (Lipinski definition) is 2. The van der Waals surface area contributed by atoms with Gasteiger partial charge in [-0.15, -0.1) is 0 Å². The van der Waals surface area contributed by atoms with E-state index in [0.29, 0.717) is 30.7 Å². The van der Waals surface area contributed by atoms with Gasteiger partial charge in [0.1, 0.15) is 5.54 Å². The second kappa shape index (κ2) is 7.15. The molecule has 0 radical (unpaired) electrons. The summed E-state index contributed by atoms with van der Waals surface area (Å²) >= 11 is 0. The van der Waals surface area contributed by atoms with Crippen LogP contribution in [-0.2, 0) is 21.1 Å². The highest BCUT2D eigenvalue weighted by Crippen LogP contribution is 2.32. The molecule has 0 heterocycles. The van der Waals surface area contributed by atoms with Gasteiger partial charge in [-0.2, -0.15) is 0 Å². The Bertz CT molecular complexity index is 777. The van der Waals surface area contributed by atoms with Crippen LogP contribution < -0.4 is 5.32 Å². The number of aliphatic carboxylic acids is 1. The fraction of sp³-hybridized carbons (Fsp3) is 0.556. The Morgan fingerprint density at radius 2 is 1.88 bits per heavy atom. The Morgan fingerprint density at radius 3 is 2.36 bits per heavy atom. The van der Waals surface area contributed by atoms with E-state index in [1.165, 1.54) is 12.1 Å². The molecule has 1 aromatic rings. The van der Waals surface area contributed by atoms with E-state index in [9.17, 15) is 23.1 Å². The second-order valence-electron chi connectivity index (χ2n) is 6.97. The van der Waals surface area contributed by atoms with Gasteiger partial charge in [-0.3, -0.25) is 4.79 Å². The van der Waals surface area contributed by atoms with E-state index < -0.39 is 27.3 Å². The molecule has 0 aromatic heterocycles. The minimum atomic E-state index is -3.45. The average Bonchev–Trinajstić information content (AvgIpc) is 2.55. The van der Waals surface area contributed by atoms with Crippen LogP contribution in [0.1, 0.15) is 55.5 Å². The predicted octanol–water partition coefficient (Wildman–Crippen LogP) is 2.42. The molecule has 0 aliphatic heterocycles. The molecule has 0 saturated heterocycles. The molecule has 138 valence electrons. The van der Waals surface area contributed by atoms with Crippen molar-refractivity contribution in [2.45, 2.75) is 56.4 Å². The fourth-order valence-corrected chi connectivity index (χ4v) is 3.88. The maximum absolute atomic E-state index is 12.8. The van der Waals surface area contributed by atoms with Crippen LogP contribution in [0.4, 0.5) is 0 Å². The molecule has 0 spiro atoms. The summed E-state index contributed by atoms with van der Waals surface area (Å²) < 4.78 is 23.6. The molecule has 2 rings (SSSR count). The summed E-state index contributed by atoms with van der Waals surface area (Å²) in [4.78, 5) is 24.7. The lowest BCUT2D eigenvalue weighted by molar-refractivity contribution is -0.146. The van der Waals surface area contributed by atoms with Gasteiger partial charge in [-0.05, 0) is 55.7 Å². The molecule has 1 saturated carbocycles. The maximum Gasteiger partial charge on any atom is 0.329 e. The van der Waals surface area contributed by atoms with Gasteiger partial charge in [-0.1, -0.05) is 19.9 Å². The minimum absolute atomic E-state index is 0.0523. The van der Waals surface area contributed by atoms with Crippen molar-refractivity contribution in [3.63, 3.8) is 0 Å². The van der Waals surface area contributed by atoms with Gasteiger partial charge in [0, 0.05) is 11.8 Å². The topological polar surface area (TPSA) is 101 Å². The van der Waals surface area contributed by atoms with Crippen LogP contribution in [0.25, 0.3) is 0 Å². The van der Waals surface area contributed by atoms with Crippen molar-refractivity contribution in [3.05, 3.63) is 29.3 Å². The first-order chi connectivity index (χ1) is 11.6. The third kappa shape index (κ3) is 4.21. The summed E-state index contributed by atoms with van der Waals surface area (Å²) in [5.41, 5.74) is -0.366. The van der Waals surface area contributed by atoms with Crippen molar-refractivity contribution in [2.24, 2.45) is 5.92 Å². The molecule has 0 unspecified atom stereocenters. The van der Waals surface area contributed by atoms with E-state index in [0.717, 1.165) is 19.1 Å². The quantitative estimate of drug-likeness (QED) is 0.832. The van der Waals surface area contributed by atoms with Gasteiger partial charge in [0.2, 0.25) is 0 Å². The van der Waals surface area contributed by atoms with Gasteiger partial charge in [0.25, 0.3) is 5.91 Å². The minimum Gasteiger partial charge on any atom is -0.480 e. The van der Waals surface area contributed by atoms with Crippen molar-refractivity contribution < 1.29 is 23.1 Å². The monoisotopic (exact) mass is 367 g/mol. The lowest BCUT2D eigenvalue weighted by atomic mass is 9.77. The highest BCUT2D eigenvalue weighted by atomic mass is 32.2. The number of benzene rings is 1. The lowest BCUT2D eigenvalue weighted by Crippen LogP contribution is -2.56. The van der Waals surface area contributed by atoms with Crippen molar-refractivity contribution in [1.82, 2.24) is 5.32 Å². The Hall–Kier alpha value is -1.89. The van der Waals surface area contributed by atoms with Gasteiger partial charge in [0.05, 0.1) is 4.90 Å². The third-order valence-corrected chi connectivity index (χ3v) is 6.14. The number of carboxylic acids is 1. The van der Waals surface area contributed by atoms with E-state index in [2.05, 4.69) is 12.2 Å². The number of aryl methyl sites for hydroxylation is 1. The Balaban J connectivity index is 2.37. The van der Waals surface area contributed by atoms with Crippen LogP contribution in [0.2, 0.25) is 0 Å². The molecule has 1 aliphatic rings. The zero-order valence-electron chi connectivity index (χ0n) is 14.8. The second-order valence-corrected chi connectivity index (χ2v) is 8.98. The van der Waals surface area contributed by atoms with E-state index in [4.69, 9.17) is 0 Å². The number of rotatable bonds is 5. The number of sulfone groups is 1. The number of carbonyl (C=O) groups is 2. The number of amides is 1. The molecule has 1 aliphatic carbocycles. The number of carboxylic acid groups (broad SMARTS) is 1. The first-order valence-corrected chi connectivity index (χ1v) is 10.4. The molecule has 25 heavy (non-hydrogen) atoms. The van der Waals surface area contributed by atoms with Crippen LogP contribution >= 0.6 is 0 Å². The highest BCUT2D eigenvalue weighted by Gasteiger charge is 2.42. The normalized spacial score (nSPS) is 23.9. The molecule has 1 amide bonds. The molecule has 1 fully saturated rings. The first kappa shape index (κ1) is 19.4. The predicted molar refractivity (Wildman–Crippen MR) is 94.4 cm³/mol. The van der Waals surface area contributed by atoms with Crippen molar-refractivity contribution in [3.8, 4) is 0 Å². The molecule has 2 N–H and O–H groups in total. The molecule has 0 atom stereocenters. The summed E-state index contributed by atoms with van der Waals surface area (Å²) in [6, 6.07) is 4.42. The SMILES string of the molecule is CCc1ccc(S(C)(=O)=O)cc1C(=O)NC1(C(=O)O)CCC(C)CC1. The molecule has 0 bridgehead atoms. The zero-order chi connectivity index (χ0) is 18.8.